The standard InChI is InChI=1S/C26H23NO6S/c1-16-8-11-18(12-9-16)34(30,31)24-15-21(19-6-4-5-7-20(19)25(24)28)27-26(29)17-10-13-22(32-2)23(14-17)33-3/h4-15,28H,1-3H3,(H,27,29). The summed E-state index contributed by atoms with van der Waals surface area (Å²) in [5.41, 5.74) is 1.45. The van der Waals surface area contributed by atoms with Crippen molar-refractivity contribution in [2.24, 2.45) is 0 Å². The summed E-state index contributed by atoms with van der Waals surface area (Å²) in [6.45, 7) is 1.85. The Morgan fingerprint density at radius 2 is 1.50 bits per heavy atom. The summed E-state index contributed by atoms with van der Waals surface area (Å²) in [7, 11) is -1.09. The number of phenolic OH excluding ortho intramolecular Hbond substituents is 1. The van der Waals surface area contributed by atoms with E-state index in [2.05, 4.69) is 5.32 Å². The van der Waals surface area contributed by atoms with Crippen LogP contribution in [0.1, 0.15) is 15.9 Å². The molecule has 0 saturated heterocycles. The molecule has 4 aromatic carbocycles. The molecule has 0 bridgehead atoms. The van der Waals surface area contributed by atoms with Crippen LogP contribution in [0.15, 0.2) is 82.6 Å². The first kappa shape index (κ1) is 23.1. The van der Waals surface area contributed by atoms with Crippen LogP contribution >= 0.6 is 0 Å². The third-order valence-electron chi connectivity index (χ3n) is 5.50. The van der Waals surface area contributed by atoms with Crippen molar-refractivity contribution >= 4 is 32.2 Å². The minimum atomic E-state index is -4.06. The minimum Gasteiger partial charge on any atom is -0.506 e. The number of phenols is 1. The number of anilines is 1. The Hall–Kier alpha value is -4.04. The molecule has 0 saturated carbocycles. The Kier molecular flexibility index (Phi) is 6.17. The Bertz CT molecular complexity index is 1490. The van der Waals surface area contributed by atoms with Crippen LogP contribution in [0.5, 0.6) is 17.2 Å². The number of carbonyl (C=O) groups is 1. The zero-order valence-corrected chi connectivity index (χ0v) is 19.6. The van der Waals surface area contributed by atoms with Gasteiger partial charge in [-0.1, -0.05) is 42.0 Å². The fraction of sp³-hybridized carbons (Fsp3) is 0.115. The van der Waals surface area contributed by atoms with Crippen LogP contribution in [0, 0.1) is 6.92 Å². The van der Waals surface area contributed by atoms with Crippen molar-refractivity contribution in [3.05, 3.63) is 83.9 Å². The molecule has 8 heteroatoms. The molecule has 174 valence electrons. The molecule has 34 heavy (non-hydrogen) atoms. The summed E-state index contributed by atoms with van der Waals surface area (Å²) in [6.07, 6.45) is 0. The SMILES string of the molecule is COc1ccc(C(=O)Nc2cc(S(=O)(=O)c3ccc(C)cc3)c(O)c3ccccc23)cc1OC. The molecule has 2 N–H and O–H groups in total. The summed E-state index contributed by atoms with van der Waals surface area (Å²) in [6, 6.07) is 19.1. The fourth-order valence-corrected chi connectivity index (χ4v) is 5.04. The maximum Gasteiger partial charge on any atom is 0.255 e. The maximum atomic E-state index is 13.4. The smallest absolute Gasteiger partial charge is 0.255 e. The molecule has 0 unspecified atom stereocenters. The van der Waals surface area contributed by atoms with E-state index in [1.165, 1.54) is 38.5 Å². The van der Waals surface area contributed by atoms with Gasteiger partial charge in [0.15, 0.2) is 11.5 Å². The molecule has 0 radical (unpaired) electrons. The second-order valence-electron chi connectivity index (χ2n) is 7.66. The van der Waals surface area contributed by atoms with Crippen molar-refractivity contribution in [1.82, 2.24) is 0 Å². The lowest BCUT2D eigenvalue weighted by Crippen LogP contribution is -2.13. The molecule has 0 aliphatic heterocycles. The van der Waals surface area contributed by atoms with Crippen LogP contribution in [0.3, 0.4) is 0 Å². The van der Waals surface area contributed by atoms with Crippen LogP contribution in [-0.2, 0) is 9.84 Å². The Balaban J connectivity index is 1.83. The lowest BCUT2D eigenvalue weighted by molar-refractivity contribution is 0.102. The number of benzene rings is 4. The third-order valence-corrected chi connectivity index (χ3v) is 7.28. The van der Waals surface area contributed by atoms with Crippen molar-refractivity contribution in [1.29, 1.82) is 0 Å². The zero-order chi connectivity index (χ0) is 24.5. The first-order valence-electron chi connectivity index (χ1n) is 10.4. The molecule has 0 atom stereocenters. The van der Waals surface area contributed by atoms with Gasteiger partial charge in [0.05, 0.1) is 24.8 Å². The predicted molar refractivity (Wildman–Crippen MR) is 130 cm³/mol. The fourth-order valence-electron chi connectivity index (χ4n) is 3.66. The van der Waals surface area contributed by atoms with E-state index in [1.807, 2.05) is 6.92 Å². The number of nitrogens with one attached hydrogen (secondary N) is 1. The average molecular weight is 478 g/mol. The van der Waals surface area contributed by atoms with Gasteiger partial charge in [-0.3, -0.25) is 4.79 Å². The normalized spacial score (nSPS) is 11.3. The molecule has 4 rings (SSSR count). The summed E-state index contributed by atoms with van der Waals surface area (Å²) < 4.78 is 37.2. The number of sulfone groups is 1. The van der Waals surface area contributed by atoms with Gasteiger partial charge in [-0.25, -0.2) is 8.42 Å². The van der Waals surface area contributed by atoms with E-state index in [0.717, 1.165) is 5.56 Å². The number of aryl methyl sites for hydroxylation is 1. The van der Waals surface area contributed by atoms with Crippen molar-refractivity contribution < 1.29 is 27.8 Å². The number of rotatable bonds is 6. The number of methoxy groups -OCH3 is 2. The number of aromatic hydroxyl groups is 1. The number of carbonyl (C=O) groups excluding carboxylic acids is 1. The van der Waals surface area contributed by atoms with Gasteiger partial charge in [0.1, 0.15) is 10.6 Å². The highest BCUT2D eigenvalue weighted by molar-refractivity contribution is 7.91. The van der Waals surface area contributed by atoms with E-state index in [-0.39, 0.29) is 26.8 Å². The first-order valence-corrected chi connectivity index (χ1v) is 11.8. The minimum absolute atomic E-state index is 0.0425. The second-order valence-corrected chi connectivity index (χ2v) is 9.57. The van der Waals surface area contributed by atoms with Crippen LogP contribution in [0.2, 0.25) is 0 Å². The van der Waals surface area contributed by atoms with Crippen molar-refractivity contribution in [2.75, 3.05) is 19.5 Å². The highest BCUT2D eigenvalue weighted by Gasteiger charge is 2.25. The van der Waals surface area contributed by atoms with Gasteiger partial charge in [-0.15, -0.1) is 0 Å². The number of hydrogen-bond acceptors (Lipinski definition) is 6. The van der Waals surface area contributed by atoms with Crippen LogP contribution < -0.4 is 14.8 Å². The summed E-state index contributed by atoms with van der Waals surface area (Å²) in [5, 5.41) is 14.5. The molecule has 0 aliphatic carbocycles. The summed E-state index contributed by atoms with van der Waals surface area (Å²) in [5.74, 6) is 0.00438. The van der Waals surface area contributed by atoms with Gasteiger partial charge in [0.2, 0.25) is 9.84 Å². The van der Waals surface area contributed by atoms with Crippen LogP contribution in [-0.4, -0.2) is 33.7 Å². The highest BCUT2D eigenvalue weighted by atomic mass is 32.2. The van der Waals surface area contributed by atoms with Gasteiger partial charge < -0.3 is 19.9 Å². The summed E-state index contributed by atoms with van der Waals surface area (Å²) >= 11 is 0. The molecule has 0 aromatic heterocycles. The molecule has 0 spiro atoms. The van der Waals surface area contributed by atoms with E-state index in [9.17, 15) is 18.3 Å². The molecule has 0 fully saturated rings. The number of hydrogen-bond donors (Lipinski definition) is 2. The predicted octanol–water partition coefficient (Wildman–Crippen LogP) is 4.96. The Labute approximate surface area is 197 Å². The second kappa shape index (κ2) is 9.07. The van der Waals surface area contributed by atoms with E-state index in [4.69, 9.17) is 9.47 Å². The maximum absolute atomic E-state index is 13.4. The Morgan fingerprint density at radius 3 is 2.15 bits per heavy atom. The van der Waals surface area contributed by atoms with Crippen molar-refractivity contribution in [3.8, 4) is 17.2 Å². The van der Waals surface area contributed by atoms with E-state index in [1.54, 1.807) is 48.5 Å². The molecule has 0 heterocycles. The van der Waals surface area contributed by atoms with Gasteiger partial charge in [0, 0.05) is 16.3 Å². The molecule has 1 amide bonds. The Morgan fingerprint density at radius 1 is 0.853 bits per heavy atom. The third kappa shape index (κ3) is 4.15. The summed E-state index contributed by atoms with van der Waals surface area (Å²) in [4.78, 5) is 12.8. The van der Waals surface area contributed by atoms with Gasteiger partial charge >= 0.3 is 0 Å². The molecule has 4 aromatic rings. The number of fused-ring (bicyclic) bond motifs is 1. The number of amides is 1. The largest absolute Gasteiger partial charge is 0.506 e. The van der Waals surface area contributed by atoms with E-state index < -0.39 is 15.7 Å². The molecule has 7 nitrogen and oxygen atoms in total. The quantitative estimate of drug-likeness (QED) is 0.381. The molecule has 0 aliphatic rings. The van der Waals surface area contributed by atoms with Crippen molar-refractivity contribution in [2.45, 2.75) is 16.7 Å². The average Bonchev–Trinajstić information content (AvgIpc) is 2.85. The topological polar surface area (TPSA) is 102 Å². The van der Waals surface area contributed by atoms with E-state index >= 15 is 0 Å². The molecular formula is C26H23NO6S. The highest BCUT2D eigenvalue weighted by Crippen LogP contribution is 2.39. The van der Waals surface area contributed by atoms with Crippen LogP contribution in [0.25, 0.3) is 10.8 Å². The number of ether oxygens (including phenoxy) is 2. The zero-order valence-electron chi connectivity index (χ0n) is 18.8. The monoisotopic (exact) mass is 477 g/mol. The van der Waals surface area contributed by atoms with E-state index in [0.29, 0.717) is 22.3 Å². The van der Waals surface area contributed by atoms with Gasteiger partial charge in [0.25, 0.3) is 5.91 Å². The van der Waals surface area contributed by atoms with Crippen molar-refractivity contribution in [3.63, 3.8) is 0 Å². The lowest BCUT2D eigenvalue weighted by Gasteiger charge is -2.15. The lowest BCUT2D eigenvalue weighted by atomic mass is 10.1. The first-order chi connectivity index (χ1) is 16.3. The molecular weight excluding hydrogens is 454 g/mol. The van der Waals surface area contributed by atoms with Gasteiger partial charge in [-0.05, 0) is 43.3 Å². The van der Waals surface area contributed by atoms with Crippen LogP contribution in [0.4, 0.5) is 5.69 Å². The van der Waals surface area contributed by atoms with Gasteiger partial charge in [-0.2, -0.15) is 0 Å².